The summed E-state index contributed by atoms with van der Waals surface area (Å²) in [4.78, 5) is 2.70. The van der Waals surface area contributed by atoms with E-state index in [0.717, 1.165) is 24.4 Å². The molecule has 1 aliphatic rings. The van der Waals surface area contributed by atoms with Gasteiger partial charge in [-0.25, -0.2) is 0 Å². The summed E-state index contributed by atoms with van der Waals surface area (Å²) in [5.74, 6) is 1.59. The molecule has 17 heavy (non-hydrogen) atoms. The van der Waals surface area contributed by atoms with Crippen LogP contribution in [0.3, 0.4) is 0 Å². The monoisotopic (exact) mass is 240 g/mol. The molecule has 2 heteroatoms. The molecule has 0 spiro atoms. The van der Waals surface area contributed by atoms with Crippen LogP contribution in [-0.2, 0) is 0 Å². The van der Waals surface area contributed by atoms with Crippen LogP contribution >= 0.6 is 0 Å². The van der Waals surface area contributed by atoms with Gasteiger partial charge in [-0.1, -0.05) is 27.7 Å². The number of piperidine rings is 1. The Kier molecular flexibility index (Phi) is 6.50. The van der Waals surface area contributed by atoms with Gasteiger partial charge in [-0.2, -0.15) is 0 Å². The molecule has 1 fully saturated rings. The van der Waals surface area contributed by atoms with E-state index in [-0.39, 0.29) is 0 Å². The SMILES string of the molecule is CCCNC(CN1CCCC(C)C1C)C(C)C. The van der Waals surface area contributed by atoms with E-state index in [1.54, 1.807) is 0 Å². The second kappa shape index (κ2) is 7.38. The second-order valence-corrected chi connectivity index (χ2v) is 6.16. The van der Waals surface area contributed by atoms with Crippen LogP contribution in [0.5, 0.6) is 0 Å². The van der Waals surface area contributed by atoms with Gasteiger partial charge >= 0.3 is 0 Å². The molecule has 3 atom stereocenters. The quantitative estimate of drug-likeness (QED) is 0.767. The Morgan fingerprint density at radius 3 is 2.59 bits per heavy atom. The van der Waals surface area contributed by atoms with Gasteiger partial charge in [0.05, 0.1) is 0 Å². The third-order valence-electron chi connectivity index (χ3n) is 4.40. The van der Waals surface area contributed by atoms with Gasteiger partial charge in [-0.15, -0.1) is 0 Å². The lowest BCUT2D eigenvalue weighted by atomic mass is 9.91. The van der Waals surface area contributed by atoms with E-state index in [1.807, 2.05) is 0 Å². The van der Waals surface area contributed by atoms with Crippen LogP contribution in [0.4, 0.5) is 0 Å². The molecule has 0 amide bonds. The molecule has 1 saturated heterocycles. The molecule has 1 rings (SSSR count). The fraction of sp³-hybridized carbons (Fsp3) is 1.00. The van der Waals surface area contributed by atoms with Crippen LogP contribution in [0.1, 0.15) is 53.9 Å². The number of likely N-dealkylation sites (tertiary alicyclic amines) is 1. The van der Waals surface area contributed by atoms with Crippen LogP contribution in [0.15, 0.2) is 0 Å². The normalized spacial score (nSPS) is 28.6. The maximum Gasteiger partial charge on any atom is 0.0218 e. The molecule has 0 aromatic carbocycles. The summed E-state index contributed by atoms with van der Waals surface area (Å²) >= 11 is 0. The average Bonchev–Trinajstić information content (AvgIpc) is 2.29. The van der Waals surface area contributed by atoms with E-state index < -0.39 is 0 Å². The molecular weight excluding hydrogens is 208 g/mol. The minimum Gasteiger partial charge on any atom is -0.312 e. The minimum absolute atomic E-state index is 0.655. The lowest BCUT2D eigenvalue weighted by Gasteiger charge is -2.40. The number of hydrogen-bond acceptors (Lipinski definition) is 2. The number of nitrogens with zero attached hydrogens (tertiary/aromatic N) is 1. The fourth-order valence-electron chi connectivity index (χ4n) is 2.77. The smallest absolute Gasteiger partial charge is 0.0218 e. The third-order valence-corrected chi connectivity index (χ3v) is 4.40. The van der Waals surface area contributed by atoms with Crippen molar-refractivity contribution in [3.8, 4) is 0 Å². The zero-order valence-corrected chi connectivity index (χ0v) is 12.5. The predicted molar refractivity (Wildman–Crippen MR) is 76.4 cm³/mol. The molecule has 0 radical (unpaired) electrons. The molecule has 0 aromatic heterocycles. The zero-order valence-electron chi connectivity index (χ0n) is 12.5. The van der Waals surface area contributed by atoms with Crippen molar-refractivity contribution in [2.75, 3.05) is 19.6 Å². The summed E-state index contributed by atoms with van der Waals surface area (Å²) in [5.41, 5.74) is 0. The van der Waals surface area contributed by atoms with Gasteiger partial charge in [0.15, 0.2) is 0 Å². The number of rotatable bonds is 6. The van der Waals surface area contributed by atoms with Crippen molar-refractivity contribution in [1.29, 1.82) is 0 Å². The first kappa shape index (κ1) is 15.0. The predicted octanol–water partition coefficient (Wildman–Crippen LogP) is 3.13. The molecule has 1 heterocycles. The van der Waals surface area contributed by atoms with Crippen molar-refractivity contribution >= 4 is 0 Å². The Hall–Kier alpha value is -0.0800. The lowest BCUT2D eigenvalue weighted by molar-refractivity contribution is 0.0944. The lowest BCUT2D eigenvalue weighted by Crippen LogP contribution is -2.50. The van der Waals surface area contributed by atoms with Crippen molar-refractivity contribution in [2.24, 2.45) is 11.8 Å². The van der Waals surface area contributed by atoms with Gasteiger partial charge in [0.2, 0.25) is 0 Å². The van der Waals surface area contributed by atoms with Crippen molar-refractivity contribution in [1.82, 2.24) is 10.2 Å². The van der Waals surface area contributed by atoms with Gasteiger partial charge < -0.3 is 5.32 Å². The summed E-state index contributed by atoms with van der Waals surface area (Å²) in [7, 11) is 0. The summed E-state index contributed by atoms with van der Waals surface area (Å²) in [6.45, 7) is 15.4. The zero-order chi connectivity index (χ0) is 12.8. The second-order valence-electron chi connectivity index (χ2n) is 6.16. The maximum absolute atomic E-state index is 3.71. The minimum atomic E-state index is 0.655. The molecule has 2 nitrogen and oxygen atoms in total. The summed E-state index contributed by atoms with van der Waals surface area (Å²) in [5, 5.41) is 3.71. The summed E-state index contributed by atoms with van der Waals surface area (Å²) in [6.07, 6.45) is 4.02. The topological polar surface area (TPSA) is 15.3 Å². The van der Waals surface area contributed by atoms with Crippen LogP contribution in [-0.4, -0.2) is 36.6 Å². The molecule has 102 valence electrons. The molecule has 0 aromatic rings. The highest BCUT2D eigenvalue weighted by molar-refractivity contribution is 4.83. The first-order chi connectivity index (χ1) is 8.06. The van der Waals surface area contributed by atoms with Gasteiger partial charge in [-0.3, -0.25) is 4.90 Å². The summed E-state index contributed by atoms with van der Waals surface area (Å²) in [6, 6.07) is 1.41. The largest absolute Gasteiger partial charge is 0.312 e. The molecule has 0 saturated carbocycles. The maximum atomic E-state index is 3.71. The van der Waals surface area contributed by atoms with E-state index >= 15 is 0 Å². The first-order valence-electron chi connectivity index (χ1n) is 7.53. The highest BCUT2D eigenvalue weighted by Gasteiger charge is 2.27. The van der Waals surface area contributed by atoms with Crippen molar-refractivity contribution in [3.05, 3.63) is 0 Å². The first-order valence-corrected chi connectivity index (χ1v) is 7.53. The van der Waals surface area contributed by atoms with E-state index in [2.05, 4.69) is 44.8 Å². The van der Waals surface area contributed by atoms with E-state index in [0.29, 0.717) is 6.04 Å². The van der Waals surface area contributed by atoms with Crippen LogP contribution < -0.4 is 5.32 Å². The van der Waals surface area contributed by atoms with E-state index in [9.17, 15) is 0 Å². The van der Waals surface area contributed by atoms with Crippen LogP contribution in [0, 0.1) is 11.8 Å². The molecule has 1 N–H and O–H groups in total. The molecule has 0 aliphatic carbocycles. The van der Waals surface area contributed by atoms with Crippen molar-refractivity contribution in [3.63, 3.8) is 0 Å². The number of hydrogen-bond donors (Lipinski definition) is 1. The van der Waals surface area contributed by atoms with Gasteiger partial charge in [0, 0.05) is 18.6 Å². The number of nitrogens with one attached hydrogen (secondary N) is 1. The Bertz CT molecular complexity index is 203. The fourth-order valence-corrected chi connectivity index (χ4v) is 2.77. The standard InChI is InChI=1S/C15H32N2/c1-6-9-16-15(12(2)3)11-17-10-7-8-13(4)14(17)5/h12-16H,6-11H2,1-5H3. The Morgan fingerprint density at radius 2 is 2.00 bits per heavy atom. The summed E-state index contributed by atoms with van der Waals surface area (Å²) < 4.78 is 0. The highest BCUT2D eigenvalue weighted by atomic mass is 15.2. The molecular formula is C15H32N2. The van der Waals surface area contributed by atoms with E-state index in [4.69, 9.17) is 0 Å². The highest BCUT2D eigenvalue weighted by Crippen LogP contribution is 2.23. The average molecular weight is 240 g/mol. The van der Waals surface area contributed by atoms with Crippen molar-refractivity contribution < 1.29 is 0 Å². The van der Waals surface area contributed by atoms with Crippen LogP contribution in [0.25, 0.3) is 0 Å². The molecule has 0 bridgehead atoms. The Morgan fingerprint density at radius 1 is 1.29 bits per heavy atom. The Balaban J connectivity index is 2.47. The van der Waals surface area contributed by atoms with Crippen LogP contribution in [0.2, 0.25) is 0 Å². The molecule has 3 unspecified atom stereocenters. The van der Waals surface area contributed by atoms with E-state index in [1.165, 1.54) is 32.4 Å². The van der Waals surface area contributed by atoms with Gasteiger partial charge in [-0.05, 0) is 51.1 Å². The van der Waals surface area contributed by atoms with Gasteiger partial charge in [0.25, 0.3) is 0 Å². The molecule has 1 aliphatic heterocycles. The Labute approximate surface area is 108 Å². The van der Waals surface area contributed by atoms with Gasteiger partial charge in [0.1, 0.15) is 0 Å². The third kappa shape index (κ3) is 4.59. The van der Waals surface area contributed by atoms with Crippen molar-refractivity contribution in [2.45, 2.75) is 66.0 Å².